The van der Waals surface area contributed by atoms with Crippen LogP contribution < -0.4 is 4.74 Å². The number of Topliss-reactive ketones (excluding diaryl/α,β-unsaturated/α-hetero) is 1. The van der Waals surface area contributed by atoms with E-state index < -0.39 is 6.10 Å². The molecule has 1 heterocycles. The minimum Gasteiger partial charge on any atom is -0.493 e. The first-order valence-electron chi connectivity index (χ1n) is 7.59. The van der Waals surface area contributed by atoms with Gasteiger partial charge in [0.1, 0.15) is 11.9 Å². The summed E-state index contributed by atoms with van der Waals surface area (Å²) in [5.74, 6) is 1.11. The molecule has 0 aromatic heterocycles. The number of fused-ring (bicyclic) bond motifs is 1. The van der Waals surface area contributed by atoms with Crippen molar-refractivity contribution in [3.63, 3.8) is 0 Å². The molecule has 2 atom stereocenters. The van der Waals surface area contributed by atoms with E-state index in [1.807, 2.05) is 38.1 Å². The van der Waals surface area contributed by atoms with Gasteiger partial charge in [-0.2, -0.15) is 0 Å². The zero-order valence-electron chi connectivity index (χ0n) is 12.3. The maximum absolute atomic E-state index is 12.3. The zero-order valence-corrected chi connectivity index (χ0v) is 12.3. The van der Waals surface area contributed by atoms with Crippen LogP contribution in [0.15, 0.2) is 24.3 Å². The first kappa shape index (κ1) is 15.0. The number of aliphatic hydroxyl groups is 1. The highest BCUT2D eigenvalue weighted by Crippen LogP contribution is 2.36. The molecule has 1 N–H and O–H groups in total. The standard InChI is InChI=1S/C17H24O3/c1-3-12(4-2)17(19)15(18)11-13-9-10-20-16-8-6-5-7-14(13)16/h5-8,12-13,17,19H,3-4,9-11H2,1-2H3. The Morgan fingerprint density at radius 2 is 2.05 bits per heavy atom. The molecule has 2 unspecified atom stereocenters. The lowest BCUT2D eigenvalue weighted by atomic mass is 9.84. The molecule has 1 aromatic carbocycles. The summed E-state index contributed by atoms with van der Waals surface area (Å²) in [6.45, 7) is 4.69. The Morgan fingerprint density at radius 3 is 2.75 bits per heavy atom. The molecule has 2 rings (SSSR count). The fourth-order valence-corrected chi connectivity index (χ4v) is 2.99. The van der Waals surface area contributed by atoms with Gasteiger partial charge in [0.15, 0.2) is 5.78 Å². The lowest BCUT2D eigenvalue weighted by Gasteiger charge is -2.27. The molecule has 0 spiro atoms. The fourth-order valence-electron chi connectivity index (χ4n) is 2.99. The summed E-state index contributed by atoms with van der Waals surface area (Å²) in [6.07, 6.45) is 2.12. The number of carbonyl (C=O) groups is 1. The average Bonchev–Trinajstić information content (AvgIpc) is 2.48. The van der Waals surface area contributed by atoms with Gasteiger partial charge in [0.25, 0.3) is 0 Å². The van der Waals surface area contributed by atoms with Crippen LogP contribution in [-0.2, 0) is 4.79 Å². The molecule has 110 valence electrons. The van der Waals surface area contributed by atoms with Gasteiger partial charge in [-0.1, -0.05) is 44.9 Å². The number of ether oxygens (including phenoxy) is 1. The van der Waals surface area contributed by atoms with Gasteiger partial charge in [-0.25, -0.2) is 0 Å². The SMILES string of the molecule is CCC(CC)C(O)C(=O)CC1CCOc2ccccc21. The van der Waals surface area contributed by atoms with Crippen molar-refractivity contribution in [2.75, 3.05) is 6.61 Å². The molecule has 20 heavy (non-hydrogen) atoms. The first-order valence-corrected chi connectivity index (χ1v) is 7.59. The normalized spacial score (nSPS) is 19.3. The van der Waals surface area contributed by atoms with Crippen molar-refractivity contribution in [2.24, 2.45) is 5.92 Å². The minimum absolute atomic E-state index is 0.0274. The number of rotatable bonds is 6. The smallest absolute Gasteiger partial charge is 0.162 e. The van der Waals surface area contributed by atoms with E-state index in [0.717, 1.165) is 30.6 Å². The second-order valence-corrected chi connectivity index (χ2v) is 5.56. The highest BCUT2D eigenvalue weighted by molar-refractivity contribution is 5.84. The van der Waals surface area contributed by atoms with Crippen molar-refractivity contribution in [1.82, 2.24) is 0 Å². The molecule has 0 saturated carbocycles. The number of para-hydroxylation sites is 1. The van der Waals surface area contributed by atoms with Crippen molar-refractivity contribution in [3.05, 3.63) is 29.8 Å². The number of hydrogen-bond acceptors (Lipinski definition) is 3. The quantitative estimate of drug-likeness (QED) is 0.867. The number of aliphatic hydroxyl groups excluding tert-OH is 1. The first-order chi connectivity index (χ1) is 9.67. The third kappa shape index (κ3) is 3.21. The van der Waals surface area contributed by atoms with Gasteiger partial charge in [-0.05, 0) is 29.9 Å². The van der Waals surface area contributed by atoms with Crippen LogP contribution >= 0.6 is 0 Å². The van der Waals surface area contributed by atoms with E-state index >= 15 is 0 Å². The van der Waals surface area contributed by atoms with Crippen LogP contribution in [0.3, 0.4) is 0 Å². The maximum atomic E-state index is 12.3. The molecule has 0 saturated heterocycles. The number of ketones is 1. The summed E-state index contributed by atoms with van der Waals surface area (Å²) in [6, 6.07) is 7.89. The van der Waals surface area contributed by atoms with Crippen molar-refractivity contribution < 1.29 is 14.6 Å². The van der Waals surface area contributed by atoms with Gasteiger partial charge >= 0.3 is 0 Å². The lowest BCUT2D eigenvalue weighted by molar-refractivity contribution is -0.130. The molecule has 0 bridgehead atoms. The molecule has 1 aliphatic rings. The molecular formula is C17H24O3. The zero-order chi connectivity index (χ0) is 14.5. The lowest BCUT2D eigenvalue weighted by Crippen LogP contribution is -2.31. The van der Waals surface area contributed by atoms with Crippen LogP contribution in [0.2, 0.25) is 0 Å². The topological polar surface area (TPSA) is 46.5 Å². The summed E-state index contributed by atoms with van der Waals surface area (Å²) < 4.78 is 5.61. The molecule has 0 radical (unpaired) electrons. The van der Waals surface area contributed by atoms with Crippen LogP contribution in [0.25, 0.3) is 0 Å². The van der Waals surface area contributed by atoms with Crippen LogP contribution in [-0.4, -0.2) is 23.6 Å². The van der Waals surface area contributed by atoms with Crippen molar-refractivity contribution in [1.29, 1.82) is 0 Å². The molecule has 1 aliphatic heterocycles. The Bertz CT molecular complexity index is 451. The van der Waals surface area contributed by atoms with Gasteiger partial charge in [0, 0.05) is 6.42 Å². The number of carbonyl (C=O) groups excluding carboxylic acids is 1. The van der Waals surface area contributed by atoms with E-state index in [-0.39, 0.29) is 17.6 Å². The summed E-state index contributed by atoms with van der Waals surface area (Å²) in [5, 5.41) is 10.2. The molecule has 3 heteroatoms. The van der Waals surface area contributed by atoms with Gasteiger partial charge < -0.3 is 9.84 Å². The summed E-state index contributed by atoms with van der Waals surface area (Å²) in [4.78, 5) is 12.3. The molecule has 0 fully saturated rings. The molecular weight excluding hydrogens is 252 g/mol. The highest BCUT2D eigenvalue weighted by atomic mass is 16.5. The Hall–Kier alpha value is -1.35. The average molecular weight is 276 g/mol. The summed E-state index contributed by atoms with van der Waals surface area (Å²) in [5.41, 5.74) is 1.10. The predicted octanol–water partition coefficient (Wildman–Crippen LogP) is 3.31. The van der Waals surface area contributed by atoms with Crippen LogP contribution in [0.1, 0.15) is 51.0 Å². The maximum Gasteiger partial charge on any atom is 0.162 e. The van der Waals surface area contributed by atoms with Crippen LogP contribution in [0.4, 0.5) is 0 Å². The molecule has 3 nitrogen and oxygen atoms in total. The van der Waals surface area contributed by atoms with E-state index in [2.05, 4.69) is 0 Å². The number of hydrogen-bond donors (Lipinski definition) is 1. The molecule has 0 aliphatic carbocycles. The Kier molecular flexibility index (Phi) is 5.18. The monoisotopic (exact) mass is 276 g/mol. The fraction of sp³-hybridized carbons (Fsp3) is 0.588. The van der Waals surface area contributed by atoms with Crippen molar-refractivity contribution >= 4 is 5.78 Å². The Labute approximate surface area is 121 Å². The van der Waals surface area contributed by atoms with Crippen LogP contribution in [0.5, 0.6) is 5.75 Å². The highest BCUT2D eigenvalue weighted by Gasteiger charge is 2.29. The summed E-state index contributed by atoms with van der Waals surface area (Å²) >= 11 is 0. The van der Waals surface area contributed by atoms with Crippen LogP contribution in [0, 0.1) is 5.92 Å². The van der Waals surface area contributed by atoms with Gasteiger partial charge in [0.2, 0.25) is 0 Å². The Balaban J connectivity index is 2.06. The second-order valence-electron chi connectivity index (χ2n) is 5.56. The van der Waals surface area contributed by atoms with Gasteiger partial charge in [0.05, 0.1) is 6.61 Å². The van der Waals surface area contributed by atoms with E-state index in [1.54, 1.807) is 0 Å². The van der Waals surface area contributed by atoms with Gasteiger partial charge in [-0.15, -0.1) is 0 Å². The minimum atomic E-state index is -0.819. The number of benzene rings is 1. The van der Waals surface area contributed by atoms with Gasteiger partial charge in [-0.3, -0.25) is 4.79 Å². The largest absolute Gasteiger partial charge is 0.493 e. The predicted molar refractivity (Wildman–Crippen MR) is 79.0 cm³/mol. The third-order valence-corrected chi connectivity index (χ3v) is 4.36. The summed E-state index contributed by atoms with van der Waals surface area (Å²) in [7, 11) is 0. The van der Waals surface area contributed by atoms with Crippen molar-refractivity contribution in [2.45, 2.75) is 51.6 Å². The van der Waals surface area contributed by atoms with E-state index in [1.165, 1.54) is 0 Å². The van der Waals surface area contributed by atoms with E-state index in [9.17, 15) is 9.90 Å². The van der Waals surface area contributed by atoms with E-state index in [0.29, 0.717) is 13.0 Å². The second kappa shape index (κ2) is 6.89. The van der Waals surface area contributed by atoms with Crippen molar-refractivity contribution in [3.8, 4) is 5.75 Å². The third-order valence-electron chi connectivity index (χ3n) is 4.36. The van der Waals surface area contributed by atoms with E-state index in [4.69, 9.17) is 4.74 Å². The molecule has 1 aromatic rings. The Morgan fingerprint density at radius 1 is 1.35 bits per heavy atom. The molecule has 0 amide bonds.